The topological polar surface area (TPSA) is 137 Å². The largest absolute Gasteiger partial charge is 0.504 e. The van der Waals surface area contributed by atoms with E-state index in [4.69, 9.17) is 20.9 Å². The quantitative estimate of drug-likeness (QED) is 0.0622. The minimum atomic E-state index is -0.132. The lowest BCUT2D eigenvalue weighted by Gasteiger charge is -2.31. The Morgan fingerprint density at radius 1 is 1.02 bits per heavy atom. The fourth-order valence-electron chi connectivity index (χ4n) is 6.58. The van der Waals surface area contributed by atoms with E-state index < -0.39 is 0 Å². The van der Waals surface area contributed by atoms with Crippen LogP contribution in [0.5, 0.6) is 11.5 Å². The van der Waals surface area contributed by atoms with Gasteiger partial charge in [-0.25, -0.2) is 0 Å². The van der Waals surface area contributed by atoms with Crippen molar-refractivity contribution in [3.8, 4) is 11.5 Å². The number of unbranched alkanes of at least 4 members (excludes halogenated alkanes) is 1. The molecule has 1 aromatic rings. The third kappa shape index (κ3) is 12.6. The lowest BCUT2D eigenvalue weighted by molar-refractivity contribution is -0.117. The average molecular weight is 612 g/mol. The summed E-state index contributed by atoms with van der Waals surface area (Å²) in [4.78, 5) is 29.1. The van der Waals surface area contributed by atoms with Crippen LogP contribution in [0.4, 0.5) is 0 Å². The van der Waals surface area contributed by atoms with Crippen molar-refractivity contribution in [3.63, 3.8) is 0 Å². The van der Waals surface area contributed by atoms with Gasteiger partial charge in [0.25, 0.3) is 0 Å². The first kappa shape index (κ1) is 35.6. The van der Waals surface area contributed by atoms with Crippen LogP contribution in [0.15, 0.2) is 29.3 Å². The Hall–Kier alpha value is -2.87. The zero-order chi connectivity index (χ0) is 31.7. The summed E-state index contributed by atoms with van der Waals surface area (Å²) in [5, 5.41) is 11.8. The Morgan fingerprint density at radius 2 is 1.73 bits per heavy atom. The number of Topliss-reactive ketones (excluding diaryl/α,β-unsaturated/α-hetero) is 1. The number of carbonyl (C=O) groups is 2. The summed E-state index contributed by atoms with van der Waals surface area (Å²) in [5.74, 6) is 0.834. The molecule has 44 heavy (non-hydrogen) atoms. The minimum absolute atomic E-state index is 0.0459. The molecule has 8 heteroatoms. The second-order valence-electron chi connectivity index (χ2n) is 12.9. The number of rotatable bonds is 20. The number of guanidine groups is 1. The van der Waals surface area contributed by atoms with Gasteiger partial charge in [-0.1, -0.05) is 44.7 Å². The Kier molecular flexibility index (Phi) is 15.8. The molecule has 3 rings (SSSR count). The molecule has 0 aromatic heterocycles. The van der Waals surface area contributed by atoms with Crippen molar-refractivity contribution in [3.05, 3.63) is 35.4 Å². The second-order valence-corrected chi connectivity index (χ2v) is 12.9. The molecule has 2 fully saturated rings. The molecular formula is C36H57N3O5. The van der Waals surface area contributed by atoms with Crippen LogP contribution in [0.25, 0.3) is 0 Å². The number of aromatic hydroxyl groups is 1. The van der Waals surface area contributed by atoms with E-state index >= 15 is 0 Å². The molecule has 2 aliphatic carbocycles. The predicted molar refractivity (Wildman–Crippen MR) is 177 cm³/mol. The molecule has 1 aromatic carbocycles. The van der Waals surface area contributed by atoms with Crippen molar-refractivity contribution in [2.75, 3.05) is 13.2 Å². The van der Waals surface area contributed by atoms with E-state index in [0.717, 1.165) is 75.3 Å². The lowest BCUT2D eigenvalue weighted by Crippen LogP contribution is -2.26. The Balaban J connectivity index is 1.95. The molecule has 0 amide bonds. The van der Waals surface area contributed by atoms with Crippen LogP contribution >= 0.6 is 0 Å². The zero-order valence-electron chi connectivity index (χ0n) is 27.2. The second kappa shape index (κ2) is 19.5. The first-order chi connectivity index (χ1) is 21.3. The molecule has 246 valence electrons. The highest BCUT2D eigenvalue weighted by molar-refractivity contribution is 5.89. The summed E-state index contributed by atoms with van der Waals surface area (Å²) in [6.07, 6.45) is 19.3. The average Bonchev–Trinajstić information content (AvgIpc) is 3.52. The number of phenolic OH excluding ortho intramolecular Hbond substituents is 1. The van der Waals surface area contributed by atoms with E-state index in [2.05, 4.69) is 11.9 Å². The normalized spacial score (nSPS) is 17.5. The first-order valence-electron chi connectivity index (χ1n) is 17.1. The number of carbonyl (C=O) groups excluding carboxylic acids is 2. The van der Waals surface area contributed by atoms with Crippen LogP contribution in [-0.4, -0.2) is 48.0 Å². The minimum Gasteiger partial charge on any atom is -0.504 e. The Bertz CT molecular complexity index is 1090. The van der Waals surface area contributed by atoms with Gasteiger partial charge in [-0.3, -0.25) is 9.79 Å². The zero-order valence-corrected chi connectivity index (χ0v) is 27.2. The van der Waals surface area contributed by atoms with Crippen LogP contribution in [0.2, 0.25) is 0 Å². The molecule has 0 heterocycles. The van der Waals surface area contributed by atoms with Gasteiger partial charge in [-0.15, -0.1) is 0 Å². The summed E-state index contributed by atoms with van der Waals surface area (Å²) in [7, 11) is 0. The fraction of sp³-hybridized carbons (Fsp3) is 0.694. The van der Waals surface area contributed by atoms with Crippen LogP contribution in [0.1, 0.15) is 134 Å². The van der Waals surface area contributed by atoms with Gasteiger partial charge in [0.15, 0.2) is 23.2 Å². The van der Waals surface area contributed by atoms with E-state index in [1.807, 2.05) is 18.2 Å². The predicted octanol–water partition coefficient (Wildman–Crippen LogP) is 7.04. The number of aryl methyl sites for hydroxylation is 1. The van der Waals surface area contributed by atoms with Gasteiger partial charge in [0.05, 0.1) is 18.8 Å². The molecular weight excluding hydrogens is 554 g/mol. The fourth-order valence-corrected chi connectivity index (χ4v) is 6.58. The van der Waals surface area contributed by atoms with Crippen molar-refractivity contribution in [2.24, 2.45) is 22.4 Å². The summed E-state index contributed by atoms with van der Waals surface area (Å²) in [6.45, 7) is 4.76. The maximum absolute atomic E-state index is 12.6. The molecule has 0 bridgehead atoms. The van der Waals surface area contributed by atoms with E-state index in [1.165, 1.54) is 19.3 Å². The van der Waals surface area contributed by atoms with Crippen molar-refractivity contribution < 1.29 is 24.2 Å². The number of nitrogens with two attached hydrogens (primary N) is 2. The highest BCUT2D eigenvalue weighted by atomic mass is 16.5. The number of ketones is 2. The third-order valence-electron chi connectivity index (χ3n) is 9.08. The van der Waals surface area contributed by atoms with Gasteiger partial charge >= 0.3 is 0 Å². The smallest absolute Gasteiger partial charge is 0.185 e. The number of nitrogens with zero attached hydrogens (tertiary/aromatic N) is 1. The van der Waals surface area contributed by atoms with Crippen molar-refractivity contribution >= 4 is 17.5 Å². The van der Waals surface area contributed by atoms with Gasteiger partial charge in [0.2, 0.25) is 0 Å². The summed E-state index contributed by atoms with van der Waals surface area (Å²) in [5.41, 5.74) is 12.9. The Morgan fingerprint density at radius 3 is 2.41 bits per heavy atom. The number of aliphatic imine (C=N–C) groups is 1. The van der Waals surface area contributed by atoms with E-state index in [1.54, 1.807) is 13.0 Å². The SMILES string of the molecule is CCC/C=C/C(=O)CCc1cc(OC2CCCC2)c(O)c([C@H](CCC(C)=O)[C@H](CCCN=C(N)N)COC2CCCCC2)c1. The maximum atomic E-state index is 12.6. The molecule has 0 radical (unpaired) electrons. The molecule has 0 aliphatic heterocycles. The molecule has 8 nitrogen and oxygen atoms in total. The molecule has 2 atom stereocenters. The van der Waals surface area contributed by atoms with Crippen LogP contribution in [0.3, 0.4) is 0 Å². The highest BCUT2D eigenvalue weighted by Crippen LogP contribution is 2.44. The molecule has 2 saturated carbocycles. The van der Waals surface area contributed by atoms with E-state index in [0.29, 0.717) is 44.6 Å². The highest BCUT2D eigenvalue weighted by Gasteiger charge is 2.30. The van der Waals surface area contributed by atoms with Gasteiger partial charge in [-0.2, -0.15) is 0 Å². The van der Waals surface area contributed by atoms with Crippen LogP contribution < -0.4 is 16.2 Å². The summed E-state index contributed by atoms with van der Waals surface area (Å²) >= 11 is 0. The Labute approximate surface area is 265 Å². The molecule has 0 spiro atoms. The molecule has 5 N–H and O–H groups in total. The summed E-state index contributed by atoms with van der Waals surface area (Å²) in [6, 6.07) is 3.95. The molecule has 2 aliphatic rings. The van der Waals surface area contributed by atoms with Crippen molar-refractivity contribution in [2.45, 2.75) is 141 Å². The van der Waals surface area contributed by atoms with E-state index in [9.17, 15) is 14.7 Å². The number of benzene rings is 1. The number of phenols is 1. The summed E-state index contributed by atoms with van der Waals surface area (Å²) < 4.78 is 12.9. The van der Waals surface area contributed by atoms with Gasteiger partial charge in [0, 0.05) is 24.9 Å². The van der Waals surface area contributed by atoms with Gasteiger partial charge in [-0.05, 0) is 107 Å². The van der Waals surface area contributed by atoms with Crippen molar-refractivity contribution in [1.29, 1.82) is 0 Å². The first-order valence-corrected chi connectivity index (χ1v) is 17.1. The number of ether oxygens (including phenoxy) is 2. The monoisotopic (exact) mass is 611 g/mol. The van der Waals surface area contributed by atoms with Crippen molar-refractivity contribution in [1.82, 2.24) is 0 Å². The molecule has 0 saturated heterocycles. The van der Waals surface area contributed by atoms with Gasteiger partial charge in [0.1, 0.15) is 5.78 Å². The van der Waals surface area contributed by atoms with E-state index in [-0.39, 0.29) is 47.3 Å². The number of allylic oxidation sites excluding steroid dienone is 2. The number of hydrogen-bond acceptors (Lipinski definition) is 6. The standard InChI is InChI=1S/C36H57N3O5/c1-3-4-6-13-29(41)20-19-27-23-33(35(42)34(24-27)44-31-16-9-10-17-31)32(21-18-26(2)40)28(12-11-22-39-36(37)38)25-43-30-14-7-5-8-15-30/h6,13,23-24,28,30-32,42H,3-5,7-12,14-22,25H2,1-2H3,(H4,37,38,39)/b13-6+/t28-,32-/m1/s1. The third-order valence-corrected chi connectivity index (χ3v) is 9.08. The molecule has 0 unspecified atom stereocenters. The van der Waals surface area contributed by atoms with Gasteiger partial charge < -0.3 is 30.8 Å². The van der Waals surface area contributed by atoms with Crippen LogP contribution in [0, 0.1) is 5.92 Å². The maximum Gasteiger partial charge on any atom is 0.185 e. The van der Waals surface area contributed by atoms with Crippen LogP contribution in [-0.2, 0) is 20.7 Å². The number of hydrogen-bond donors (Lipinski definition) is 3. The lowest BCUT2D eigenvalue weighted by atomic mass is 9.79.